The van der Waals surface area contributed by atoms with Crippen molar-refractivity contribution in [3.05, 3.63) is 20.8 Å². The van der Waals surface area contributed by atoms with Crippen LogP contribution in [0.1, 0.15) is 44.6 Å². The van der Waals surface area contributed by atoms with Crippen molar-refractivity contribution in [1.29, 1.82) is 0 Å². The topological polar surface area (TPSA) is 35.2 Å². The summed E-state index contributed by atoms with van der Waals surface area (Å²) in [5.74, 6) is 0. The Morgan fingerprint density at radius 3 is 2.62 bits per heavy atom. The summed E-state index contributed by atoms with van der Waals surface area (Å²) in [6, 6.07) is 2.11. The third-order valence-electron chi connectivity index (χ3n) is 2.42. The van der Waals surface area contributed by atoms with Crippen LogP contribution in [0.3, 0.4) is 0 Å². The minimum atomic E-state index is 0.0119. The highest BCUT2D eigenvalue weighted by Crippen LogP contribution is 2.30. The summed E-state index contributed by atoms with van der Waals surface area (Å²) in [6.45, 7) is 6.28. The summed E-state index contributed by atoms with van der Waals surface area (Å²) < 4.78 is 7.12. The number of hydrogen-bond acceptors (Lipinski definition) is 3. The largest absolute Gasteiger partial charge is 0.368 e. The van der Waals surface area contributed by atoms with Gasteiger partial charge in [0.05, 0.1) is 6.10 Å². The van der Waals surface area contributed by atoms with E-state index in [0.717, 1.165) is 17.3 Å². The predicted octanol–water partition coefficient (Wildman–Crippen LogP) is 4.10. The standard InChI is InChI=1S/C12H20BrNOS/c1-4-5-8(2)15-12(9(3)14)11-6-10(13)7-16-11/h6-9,12H,4-5,14H2,1-3H3. The first-order valence-electron chi connectivity index (χ1n) is 5.69. The molecule has 0 aromatic carbocycles. The van der Waals surface area contributed by atoms with Gasteiger partial charge < -0.3 is 10.5 Å². The molecule has 0 saturated carbocycles. The zero-order valence-corrected chi connectivity index (χ0v) is 12.5. The molecule has 0 fully saturated rings. The highest BCUT2D eigenvalue weighted by Gasteiger charge is 2.21. The van der Waals surface area contributed by atoms with Crippen LogP contribution >= 0.6 is 27.3 Å². The van der Waals surface area contributed by atoms with Crippen LogP contribution in [0, 0.1) is 0 Å². The average Bonchev–Trinajstić information content (AvgIpc) is 2.61. The lowest BCUT2D eigenvalue weighted by Gasteiger charge is -2.24. The summed E-state index contributed by atoms with van der Waals surface area (Å²) in [6.07, 6.45) is 2.50. The molecule has 0 bridgehead atoms. The van der Waals surface area contributed by atoms with E-state index in [-0.39, 0.29) is 18.2 Å². The Hall–Kier alpha value is 0.1000. The number of thiophene rings is 1. The lowest BCUT2D eigenvalue weighted by molar-refractivity contribution is -0.0167. The molecule has 1 aromatic heterocycles. The van der Waals surface area contributed by atoms with Gasteiger partial charge in [0, 0.05) is 20.8 Å². The zero-order chi connectivity index (χ0) is 12.1. The third kappa shape index (κ3) is 4.17. The molecule has 1 heterocycles. The number of nitrogens with two attached hydrogens (primary N) is 1. The molecule has 2 nitrogen and oxygen atoms in total. The van der Waals surface area contributed by atoms with Crippen molar-refractivity contribution in [2.45, 2.75) is 51.9 Å². The first-order chi connectivity index (χ1) is 7.54. The molecule has 0 amide bonds. The fourth-order valence-corrected chi connectivity index (χ4v) is 3.25. The van der Waals surface area contributed by atoms with Crippen LogP contribution in [-0.2, 0) is 4.74 Å². The van der Waals surface area contributed by atoms with Crippen molar-refractivity contribution in [3.8, 4) is 0 Å². The highest BCUT2D eigenvalue weighted by atomic mass is 79.9. The molecule has 1 aromatic rings. The monoisotopic (exact) mass is 305 g/mol. The average molecular weight is 306 g/mol. The van der Waals surface area contributed by atoms with Gasteiger partial charge in [0.2, 0.25) is 0 Å². The fourth-order valence-electron chi connectivity index (χ4n) is 1.65. The van der Waals surface area contributed by atoms with Gasteiger partial charge in [-0.3, -0.25) is 0 Å². The first-order valence-corrected chi connectivity index (χ1v) is 7.36. The van der Waals surface area contributed by atoms with Crippen molar-refractivity contribution in [2.75, 3.05) is 0 Å². The molecule has 0 saturated heterocycles. The van der Waals surface area contributed by atoms with Crippen LogP contribution in [0.4, 0.5) is 0 Å². The lowest BCUT2D eigenvalue weighted by Crippen LogP contribution is -2.29. The van der Waals surface area contributed by atoms with E-state index in [2.05, 4.69) is 41.2 Å². The second kappa shape index (κ2) is 6.74. The van der Waals surface area contributed by atoms with Gasteiger partial charge in [-0.05, 0) is 42.3 Å². The molecule has 0 aliphatic heterocycles. The van der Waals surface area contributed by atoms with Crippen molar-refractivity contribution >= 4 is 27.3 Å². The maximum Gasteiger partial charge on any atom is 0.107 e. The summed E-state index contributed by atoms with van der Waals surface area (Å²) in [4.78, 5) is 1.20. The van der Waals surface area contributed by atoms with E-state index in [9.17, 15) is 0 Å². The molecule has 16 heavy (non-hydrogen) atoms. The van der Waals surface area contributed by atoms with E-state index in [1.807, 2.05) is 6.92 Å². The maximum atomic E-state index is 6.02. The van der Waals surface area contributed by atoms with Crippen LogP contribution in [0.2, 0.25) is 0 Å². The molecule has 0 aliphatic rings. The summed E-state index contributed by atoms with van der Waals surface area (Å²) in [5.41, 5.74) is 5.99. The Morgan fingerprint density at radius 2 is 2.19 bits per heavy atom. The van der Waals surface area contributed by atoms with Gasteiger partial charge in [-0.2, -0.15) is 0 Å². The van der Waals surface area contributed by atoms with Gasteiger partial charge in [-0.25, -0.2) is 0 Å². The van der Waals surface area contributed by atoms with Crippen molar-refractivity contribution in [2.24, 2.45) is 5.73 Å². The molecule has 4 heteroatoms. The van der Waals surface area contributed by atoms with Gasteiger partial charge in [-0.15, -0.1) is 11.3 Å². The van der Waals surface area contributed by atoms with Crippen LogP contribution in [0.5, 0.6) is 0 Å². The van der Waals surface area contributed by atoms with Gasteiger partial charge in [0.25, 0.3) is 0 Å². The minimum absolute atomic E-state index is 0.0119. The Balaban J connectivity index is 2.68. The van der Waals surface area contributed by atoms with E-state index < -0.39 is 0 Å². The molecule has 1 rings (SSSR count). The van der Waals surface area contributed by atoms with Crippen LogP contribution in [0.15, 0.2) is 15.9 Å². The van der Waals surface area contributed by atoms with Gasteiger partial charge in [-0.1, -0.05) is 13.3 Å². The third-order valence-corrected chi connectivity index (χ3v) is 4.17. The van der Waals surface area contributed by atoms with Crippen molar-refractivity contribution in [1.82, 2.24) is 0 Å². The second-order valence-corrected chi connectivity index (χ2v) is 6.04. The Labute approximate surface area is 110 Å². The van der Waals surface area contributed by atoms with Crippen LogP contribution in [0.25, 0.3) is 0 Å². The molecule has 0 radical (unpaired) electrons. The Morgan fingerprint density at radius 1 is 1.50 bits per heavy atom. The molecular weight excluding hydrogens is 286 g/mol. The van der Waals surface area contributed by atoms with Gasteiger partial charge >= 0.3 is 0 Å². The minimum Gasteiger partial charge on any atom is -0.368 e. The fraction of sp³-hybridized carbons (Fsp3) is 0.667. The van der Waals surface area contributed by atoms with E-state index in [1.54, 1.807) is 11.3 Å². The molecule has 3 unspecified atom stereocenters. The number of hydrogen-bond donors (Lipinski definition) is 1. The number of ether oxygens (including phenoxy) is 1. The zero-order valence-electron chi connectivity index (χ0n) is 10.1. The Bertz CT molecular complexity index is 314. The summed E-state index contributed by atoms with van der Waals surface area (Å²) in [5, 5.41) is 2.07. The van der Waals surface area contributed by atoms with Gasteiger partial charge in [0.1, 0.15) is 6.10 Å². The Kier molecular flexibility index (Phi) is 5.97. The highest BCUT2D eigenvalue weighted by molar-refractivity contribution is 9.10. The lowest BCUT2D eigenvalue weighted by atomic mass is 10.1. The van der Waals surface area contributed by atoms with Crippen LogP contribution in [-0.4, -0.2) is 12.1 Å². The second-order valence-electron chi connectivity index (χ2n) is 4.18. The van der Waals surface area contributed by atoms with E-state index >= 15 is 0 Å². The maximum absolute atomic E-state index is 6.02. The quantitative estimate of drug-likeness (QED) is 0.858. The predicted molar refractivity (Wildman–Crippen MR) is 73.9 cm³/mol. The normalized spacial score (nSPS) is 17.1. The van der Waals surface area contributed by atoms with Crippen molar-refractivity contribution in [3.63, 3.8) is 0 Å². The van der Waals surface area contributed by atoms with Crippen molar-refractivity contribution < 1.29 is 4.74 Å². The smallest absolute Gasteiger partial charge is 0.107 e. The SMILES string of the molecule is CCCC(C)OC(c1cc(Br)cs1)C(C)N. The van der Waals surface area contributed by atoms with Gasteiger partial charge in [0.15, 0.2) is 0 Å². The molecular formula is C12H20BrNOS. The molecule has 0 spiro atoms. The van der Waals surface area contributed by atoms with Crippen LogP contribution < -0.4 is 5.73 Å². The molecule has 3 atom stereocenters. The molecule has 0 aliphatic carbocycles. The number of halogens is 1. The van der Waals surface area contributed by atoms with E-state index in [1.165, 1.54) is 4.88 Å². The van der Waals surface area contributed by atoms with E-state index in [0.29, 0.717) is 0 Å². The molecule has 2 N–H and O–H groups in total. The summed E-state index contributed by atoms with van der Waals surface area (Å²) >= 11 is 5.15. The van der Waals surface area contributed by atoms with E-state index in [4.69, 9.17) is 10.5 Å². The summed E-state index contributed by atoms with van der Waals surface area (Å²) in [7, 11) is 0. The number of rotatable bonds is 6. The molecule has 92 valence electrons. The first kappa shape index (κ1) is 14.2.